The number of rotatable bonds is 4. The van der Waals surface area contributed by atoms with Crippen LogP contribution in [0.3, 0.4) is 0 Å². The molecule has 2 heterocycles. The highest BCUT2D eigenvalue weighted by Gasteiger charge is 2.31. The van der Waals surface area contributed by atoms with Gasteiger partial charge in [0, 0.05) is 19.3 Å². The van der Waals surface area contributed by atoms with E-state index < -0.39 is 22.1 Å². The maximum Gasteiger partial charge on any atom is 0.306 e. The van der Waals surface area contributed by atoms with Gasteiger partial charge in [0.2, 0.25) is 0 Å². The second-order valence-electron chi connectivity index (χ2n) is 4.97. The zero-order valence-corrected chi connectivity index (χ0v) is 13.0. The molecule has 1 aromatic heterocycles. The molecule has 21 heavy (non-hydrogen) atoms. The van der Waals surface area contributed by atoms with Crippen molar-refractivity contribution >= 4 is 33.5 Å². The van der Waals surface area contributed by atoms with E-state index in [2.05, 4.69) is 9.71 Å². The van der Waals surface area contributed by atoms with Gasteiger partial charge in [0.15, 0.2) is 5.15 Å². The fourth-order valence-corrected chi connectivity index (χ4v) is 3.63. The number of carboxylic acids is 1. The van der Waals surface area contributed by atoms with Crippen LogP contribution >= 0.6 is 11.6 Å². The molecule has 0 amide bonds. The molecule has 7 nitrogen and oxygen atoms in total. The van der Waals surface area contributed by atoms with Gasteiger partial charge < -0.3 is 5.11 Å². The summed E-state index contributed by atoms with van der Waals surface area (Å²) >= 11 is 5.87. The molecule has 9 heteroatoms. The summed E-state index contributed by atoms with van der Waals surface area (Å²) < 4.78 is 28.2. The minimum atomic E-state index is -3.76. The summed E-state index contributed by atoms with van der Waals surface area (Å²) in [5, 5.41) is 8.99. The van der Waals surface area contributed by atoms with Crippen molar-refractivity contribution in [3.05, 3.63) is 23.0 Å². The van der Waals surface area contributed by atoms with Gasteiger partial charge in [-0.1, -0.05) is 11.6 Å². The van der Waals surface area contributed by atoms with Crippen LogP contribution in [0, 0.1) is 12.8 Å². The van der Waals surface area contributed by atoms with Crippen LogP contribution in [0.1, 0.15) is 18.4 Å². The van der Waals surface area contributed by atoms with Gasteiger partial charge in [-0.3, -0.25) is 9.52 Å². The summed E-state index contributed by atoms with van der Waals surface area (Å²) in [4.78, 5) is 14.8. The van der Waals surface area contributed by atoms with Crippen molar-refractivity contribution in [1.82, 2.24) is 9.29 Å². The third-order valence-corrected chi connectivity index (χ3v) is 5.18. The van der Waals surface area contributed by atoms with Crippen LogP contribution in [-0.2, 0) is 15.0 Å². The number of aromatic nitrogens is 1. The highest BCUT2D eigenvalue weighted by molar-refractivity contribution is 7.90. The SMILES string of the molecule is Cc1cnc(Cl)c(NS(=O)(=O)N2CCC(C(=O)O)CC2)c1. The smallest absolute Gasteiger partial charge is 0.306 e. The van der Waals surface area contributed by atoms with Gasteiger partial charge in [0.05, 0.1) is 11.6 Å². The summed E-state index contributed by atoms with van der Waals surface area (Å²) in [5.41, 5.74) is 0.999. The van der Waals surface area contributed by atoms with E-state index in [9.17, 15) is 13.2 Å². The fourth-order valence-electron chi connectivity index (χ4n) is 2.17. The zero-order chi connectivity index (χ0) is 15.6. The fraction of sp³-hybridized carbons (Fsp3) is 0.500. The van der Waals surface area contributed by atoms with Gasteiger partial charge in [-0.15, -0.1) is 0 Å². The summed E-state index contributed by atoms with van der Waals surface area (Å²) in [6.07, 6.45) is 2.14. The monoisotopic (exact) mass is 333 g/mol. The van der Waals surface area contributed by atoms with Crippen LogP contribution in [0.2, 0.25) is 5.15 Å². The van der Waals surface area contributed by atoms with E-state index in [1.165, 1.54) is 4.31 Å². The number of halogens is 1. The quantitative estimate of drug-likeness (QED) is 0.813. The topological polar surface area (TPSA) is 99.6 Å². The summed E-state index contributed by atoms with van der Waals surface area (Å²) in [7, 11) is -3.76. The Balaban J connectivity index is 2.09. The number of piperidine rings is 1. The van der Waals surface area contributed by atoms with Crippen LogP contribution in [0.5, 0.6) is 0 Å². The van der Waals surface area contributed by atoms with Crippen LogP contribution < -0.4 is 4.72 Å². The highest BCUT2D eigenvalue weighted by Crippen LogP contribution is 2.24. The average molecular weight is 334 g/mol. The molecule has 2 rings (SSSR count). The van der Waals surface area contributed by atoms with Gasteiger partial charge in [0.1, 0.15) is 0 Å². The molecule has 0 unspecified atom stereocenters. The van der Waals surface area contributed by atoms with E-state index in [1.54, 1.807) is 19.2 Å². The lowest BCUT2D eigenvalue weighted by Crippen LogP contribution is -2.43. The molecular weight excluding hydrogens is 318 g/mol. The second-order valence-corrected chi connectivity index (χ2v) is 7.00. The molecule has 0 bridgehead atoms. The Morgan fingerprint density at radius 3 is 2.67 bits per heavy atom. The molecule has 0 radical (unpaired) electrons. The number of anilines is 1. The molecule has 0 saturated carbocycles. The third-order valence-electron chi connectivity index (χ3n) is 3.36. The number of carboxylic acid groups (broad SMARTS) is 1. The maximum absolute atomic E-state index is 12.3. The van der Waals surface area contributed by atoms with E-state index >= 15 is 0 Å². The molecule has 1 fully saturated rings. The molecule has 1 aliphatic heterocycles. The Labute approximate surface area is 128 Å². The number of aliphatic carboxylic acids is 1. The third kappa shape index (κ3) is 3.84. The first-order valence-corrected chi connectivity index (χ1v) is 8.24. The van der Waals surface area contributed by atoms with Gasteiger partial charge in [-0.25, -0.2) is 4.98 Å². The van der Waals surface area contributed by atoms with E-state index in [4.69, 9.17) is 16.7 Å². The first-order chi connectivity index (χ1) is 9.79. The molecule has 0 atom stereocenters. The van der Waals surface area contributed by atoms with Gasteiger partial charge in [-0.2, -0.15) is 12.7 Å². The Morgan fingerprint density at radius 1 is 1.48 bits per heavy atom. The summed E-state index contributed by atoms with van der Waals surface area (Å²) in [6, 6.07) is 1.59. The lowest BCUT2D eigenvalue weighted by Gasteiger charge is -2.29. The summed E-state index contributed by atoms with van der Waals surface area (Å²) in [5.74, 6) is -1.37. The van der Waals surface area contributed by atoms with E-state index in [0.717, 1.165) is 5.56 Å². The van der Waals surface area contributed by atoms with Crippen molar-refractivity contribution in [2.45, 2.75) is 19.8 Å². The Bertz CT molecular complexity index is 642. The minimum Gasteiger partial charge on any atom is -0.481 e. The van der Waals surface area contributed by atoms with Crippen LogP contribution in [0.25, 0.3) is 0 Å². The molecule has 0 aromatic carbocycles. The summed E-state index contributed by atoms with van der Waals surface area (Å²) in [6.45, 7) is 2.12. The number of hydrogen-bond donors (Lipinski definition) is 2. The van der Waals surface area contributed by atoms with Crippen molar-refractivity contribution in [2.24, 2.45) is 5.92 Å². The molecule has 1 aliphatic rings. The molecule has 0 aliphatic carbocycles. The number of hydrogen-bond acceptors (Lipinski definition) is 4. The van der Waals surface area contributed by atoms with Gasteiger partial charge in [-0.05, 0) is 31.4 Å². The molecule has 1 saturated heterocycles. The molecule has 0 spiro atoms. The van der Waals surface area contributed by atoms with E-state index in [-0.39, 0.29) is 23.9 Å². The standard InChI is InChI=1S/C12H16ClN3O4S/c1-8-6-10(11(13)14-7-8)15-21(19,20)16-4-2-9(3-5-16)12(17)18/h6-7,9,15H,2-5H2,1H3,(H,17,18). The van der Waals surface area contributed by atoms with Crippen molar-refractivity contribution in [3.8, 4) is 0 Å². The lowest BCUT2D eigenvalue weighted by atomic mass is 9.99. The predicted octanol–water partition coefficient (Wildman–Crippen LogP) is 1.50. The second kappa shape index (κ2) is 6.17. The zero-order valence-electron chi connectivity index (χ0n) is 11.4. The highest BCUT2D eigenvalue weighted by atomic mass is 35.5. The molecule has 2 N–H and O–H groups in total. The first-order valence-electron chi connectivity index (χ1n) is 6.42. The van der Waals surface area contributed by atoms with E-state index in [1.807, 2.05) is 0 Å². The molecule has 116 valence electrons. The van der Waals surface area contributed by atoms with Crippen molar-refractivity contribution < 1.29 is 18.3 Å². The number of pyridine rings is 1. The number of carbonyl (C=O) groups is 1. The van der Waals surface area contributed by atoms with Crippen LogP contribution in [-0.4, -0.2) is 41.9 Å². The van der Waals surface area contributed by atoms with Gasteiger partial charge >= 0.3 is 16.2 Å². The van der Waals surface area contributed by atoms with Crippen molar-refractivity contribution in [3.63, 3.8) is 0 Å². The molecule has 1 aromatic rings. The predicted molar refractivity (Wildman–Crippen MR) is 78.5 cm³/mol. The Hall–Kier alpha value is -1.38. The first kappa shape index (κ1) is 16.0. The maximum atomic E-state index is 12.3. The van der Waals surface area contributed by atoms with Crippen LogP contribution in [0.15, 0.2) is 12.3 Å². The normalized spacial score (nSPS) is 17.6. The van der Waals surface area contributed by atoms with Crippen molar-refractivity contribution in [1.29, 1.82) is 0 Å². The van der Waals surface area contributed by atoms with Gasteiger partial charge in [0.25, 0.3) is 0 Å². The average Bonchev–Trinajstić information content (AvgIpc) is 2.43. The van der Waals surface area contributed by atoms with Crippen LogP contribution in [0.4, 0.5) is 5.69 Å². The molecular formula is C12H16ClN3O4S. The number of aryl methyl sites for hydroxylation is 1. The Morgan fingerprint density at radius 2 is 2.10 bits per heavy atom. The van der Waals surface area contributed by atoms with E-state index in [0.29, 0.717) is 12.8 Å². The Kier molecular flexibility index (Phi) is 4.70. The largest absolute Gasteiger partial charge is 0.481 e. The minimum absolute atomic E-state index is 0.0737. The number of nitrogens with zero attached hydrogens (tertiary/aromatic N) is 2. The van der Waals surface area contributed by atoms with Crippen molar-refractivity contribution in [2.75, 3.05) is 17.8 Å². The lowest BCUT2D eigenvalue weighted by molar-refractivity contribution is -0.142. The number of nitrogens with one attached hydrogen (secondary N) is 1.